The first-order valence-corrected chi connectivity index (χ1v) is 3.69. The minimum Gasteiger partial charge on any atom is -0.383 e. The van der Waals surface area contributed by atoms with Gasteiger partial charge in [0.05, 0.1) is 6.61 Å². The summed E-state index contributed by atoms with van der Waals surface area (Å²) < 4.78 is 7.06. The minimum absolute atomic E-state index is 0.554. The van der Waals surface area contributed by atoms with Gasteiger partial charge < -0.3 is 4.74 Å². The molecule has 1 saturated heterocycles. The SMILES string of the molecule is COC[C@@H]1CCCN1S. The molecule has 0 N–H and O–H groups in total. The number of hydrogen-bond acceptors (Lipinski definition) is 3. The Labute approximate surface area is 61.7 Å². The largest absolute Gasteiger partial charge is 0.383 e. The fourth-order valence-electron chi connectivity index (χ4n) is 1.18. The molecule has 0 amide bonds. The highest BCUT2D eigenvalue weighted by Crippen LogP contribution is 2.18. The molecule has 1 rings (SSSR count). The van der Waals surface area contributed by atoms with Crippen LogP contribution in [0, 0.1) is 0 Å². The summed E-state index contributed by atoms with van der Waals surface area (Å²) >= 11 is 4.27. The van der Waals surface area contributed by atoms with E-state index >= 15 is 0 Å². The average Bonchev–Trinajstić information content (AvgIpc) is 2.18. The van der Waals surface area contributed by atoms with Crippen molar-refractivity contribution in [2.75, 3.05) is 20.3 Å². The third kappa shape index (κ3) is 1.85. The molecule has 1 atom stereocenters. The second-order valence-corrected chi connectivity index (χ2v) is 2.93. The molecule has 0 unspecified atom stereocenters. The van der Waals surface area contributed by atoms with E-state index in [9.17, 15) is 0 Å². The van der Waals surface area contributed by atoms with E-state index in [0.29, 0.717) is 6.04 Å². The van der Waals surface area contributed by atoms with E-state index in [4.69, 9.17) is 4.74 Å². The van der Waals surface area contributed by atoms with E-state index in [0.717, 1.165) is 13.2 Å². The molecule has 0 aliphatic carbocycles. The first kappa shape index (κ1) is 7.38. The van der Waals surface area contributed by atoms with Crippen LogP contribution in [0.25, 0.3) is 0 Å². The zero-order chi connectivity index (χ0) is 6.69. The molecular weight excluding hydrogens is 134 g/mol. The van der Waals surface area contributed by atoms with Crippen molar-refractivity contribution in [2.45, 2.75) is 18.9 Å². The highest BCUT2D eigenvalue weighted by molar-refractivity contribution is 7.77. The summed E-state index contributed by atoms with van der Waals surface area (Å²) in [5.74, 6) is 0. The summed E-state index contributed by atoms with van der Waals surface area (Å²) in [5.41, 5.74) is 0. The van der Waals surface area contributed by atoms with Crippen molar-refractivity contribution in [2.24, 2.45) is 0 Å². The summed E-state index contributed by atoms with van der Waals surface area (Å²) in [4.78, 5) is 0. The lowest BCUT2D eigenvalue weighted by Gasteiger charge is -2.15. The molecule has 0 spiro atoms. The summed E-state index contributed by atoms with van der Waals surface area (Å²) in [6.07, 6.45) is 2.49. The van der Waals surface area contributed by atoms with Crippen LogP contribution in [0.1, 0.15) is 12.8 Å². The van der Waals surface area contributed by atoms with E-state index < -0.39 is 0 Å². The molecule has 9 heavy (non-hydrogen) atoms. The monoisotopic (exact) mass is 147 g/mol. The predicted molar refractivity (Wildman–Crippen MR) is 40.6 cm³/mol. The van der Waals surface area contributed by atoms with Gasteiger partial charge in [-0.1, -0.05) is 12.8 Å². The van der Waals surface area contributed by atoms with Crippen molar-refractivity contribution in [3.8, 4) is 0 Å². The Morgan fingerprint density at radius 2 is 2.56 bits per heavy atom. The molecule has 0 saturated carbocycles. The summed E-state index contributed by atoms with van der Waals surface area (Å²) in [7, 11) is 1.74. The van der Waals surface area contributed by atoms with Gasteiger partial charge in [-0.3, -0.25) is 0 Å². The first-order valence-electron chi connectivity index (χ1n) is 3.29. The van der Waals surface area contributed by atoms with Crippen molar-refractivity contribution in [3.05, 3.63) is 0 Å². The molecule has 2 nitrogen and oxygen atoms in total. The molecule has 0 aromatic heterocycles. The maximum atomic E-state index is 5.01. The molecule has 1 heterocycles. The number of methoxy groups -OCH3 is 1. The van der Waals surface area contributed by atoms with Gasteiger partial charge in [-0.25, -0.2) is 4.31 Å². The van der Waals surface area contributed by atoms with E-state index in [1.807, 2.05) is 0 Å². The first-order chi connectivity index (χ1) is 4.34. The molecule has 1 aliphatic heterocycles. The third-order valence-electron chi connectivity index (χ3n) is 1.71. The summed E-state index contributed by atoms with van der Waals surface area (Å²) in [6, 6.07) is 0.554. The topological polar surface area (TPSA) is 12.5 Å². The van der Waals surface area contributed by atoms with Crippen LogP contribution >= 0.6 is 12.8 Å². The normalized spacial score (nSPS) is 29.3. The van der Waals surface area contributed by atoms with Gasteiger partial charge in [-0.15, -0.1) is 0 Å². The van der Waals surface area contributed by atoms with E-state index in [1.165, 1.54) is 12.8 Å². The Morgan fingerprint density at radius 3 is 3.00 bits per heavy atom. The van der Waals surface area contributed by atoms with Crippen LogP contribution in [0.4, 0.5) is 0 Å². The number of ether oxygens (including phenoxy) is 1. The molecule has 0 aromatic rings. The second-order valence-electron chi connectivity index (χ2n) is 2.41. The second kappa shape index (κ2) is 3.44. The van der Waals surface area contributed by atoms with Crippen LogP contribution in [0.3, 0.4) is 0 Å². The maximum Gasteiger partial charge on any atom is 0.0627 e. The fourth-order valence-corrected chi connectivity index (χ4v) is 1.51. The fraction of sp³-hybridized carbons (Fsp3) is 1.00. The van der Waals surface area contributed by atoms with Crippen LogP contribution in [-0.2, 0) is 4.74 Å². The highest BCUT2D eigenvalue weighted by Gasteiger charge is 2.20. The smallest absolute Gasteiger partial charge is 0.0627 e. The lowest BCUT2D eigenvalue weighted by Crippen LogP contribution is -2.24. The Bertz CT molecular complexity index is 89.1. The zero-order valence-electron chi connectivity index (χ0n) is 5.71. The molecular formula is C6H13NOS. The van der Waals surface area contributed by atoms with Crippen LogP contribution in [0.15, 0.2) is 0 Å². The van der Waals surface area contributed by atoms with Crippen molar-refractivity contribution in [3.63, 3.8) is 0 Å². The van der Waals surface area contributed by atoms with Gasteiger partial charge in [0.15, 0.2) is 0 Å². The van der Waals surface area contributed by atoms with Crippen LogP contribution in [0.5, 0.6) is 0 Å². The third-order valence-corrected chi connectivity index (χ3v) is 2.23. The zero-order valence-corrected chi connectivity index (χ0v) is 6.60. The maximum absolute atomic E-state index is 5.01. The Hall–Kier alpha value is 0.270. The van der Waals surface area contributed by atoms with Gasteiger partial charge in [0.2, 0.25) is 0 Å². The molecule has 3 heteroatoms. The summed E-state index contributed by atoms with van der Waals surface area (Å²) in [5, 5.41) is 0. The van der Waals surface area contributed by atoms with Gasteiger partial charge in [0, 0.05) is 19.7 Å². The Balaban J connectivity index is 2.22. The number of hydrogen-bond donors (Lipinski definition) is 1. The summed E-state index contributed by atoms with van der Waals surface area (Å²) in [6.45, 7) is 1.93. The van der Waals surface area contributed by atoms with Gasteiger partial charge in [-0.2, -0.15) is 0 Å². The highest BCUT2D eigenvalue weighted by atomic mass is 32.1. The van der Waals surface area contributed by atoms with E-state index in [1.54, 1.807) is 7.11 Å². The van der Waals surface area contributed by atoms with E-state index in [2.05, 4.69) is 17.1 Å². The molecule has 0 aromatic carbocycles. The van der Waals surface area contributed by atoms with Crippen molar-refractivity contribution in [1.29, 1.82) is 0 Å². The molecule has 1 fully saturated rings. The quantitative estimate of drug-likeness (QED) is 0.584. The van der Waals surface area contributed by atoms with Crippen LogP contribution < -0.4 is 0 Å². The van der Waals surface area contributed by atoms with Gasteiger partial charge in [0.25, 0.3) is 0 Å². The molecule has 0 radical (unpaired) electrons. The standard InChI is InChI=1S/C6H13NOS/c1-8-5-6-3-2-4-7(6)9/h6,9H,2-5H2,1H3/t6-/m0/s1. The van der Waals surface area contributed by atoms with Crippen molar-refractivity contribution in [1.82, 2.24) is 4.31 Å². The predicted octanol–water partition coefficient (Wildman–Crippen LogP) is 0.942. The molecule has 54 valence electrons. The van der Waals surface area contributed by atoms with Gasteiger partial charge in [0.1, 0.15) is 0 Å². The lowest BCUT2D eigenvalue weighted by atomic mass is 10.2. The number of rotatable bonds is 2. The van der Waals surface area contributed by atoms with E-state index in [-0.39, 0.29) is 0 Å². The minimum atomic E-state index is 0.554. The molecule has 1 aliphatic rings. The van der Waals surface area contributed by atoms with Crippen molar-refractivity contribution >= 4 is 12.8 Å². The van der Waals surface area contributed by atoms with Crippen molar-refractivity contribution < 1.29 is 4.74 Å². The van der Waals surface area contributed by atoms with Gasteiger partial charge in [-0.05, 0) is 12.8 Å². The average molecular weight is 147 g/mol. The Kier molecular flexibility index (Phi) is 2.82. The number of thiol groups is 1. The van der Waals surface area contributed by atoms with Crippen LogP contribution in [-0.4, -0.2) is 30.6 Å². The Morgan fingerprint density at radius 1 is 1.78 bits per heavy atom. The lowest BCUT2D eigenvalue weighted by molar-refractivity contribution is 0.153. The molecule has 0 bridgehead atoms. The number of nitrogens with zero attached hydrogens (tertiary/aromatic N) is 1. The van der Waals surface area contributed by atoms with Gasteiger partial charge >= 0.3 is 0 Å². The van der Waals surface area contributed by atoms with Crippen LogP contribution in [0.2, 0.25) is 0 Å².